The molecular weight excluding hydrogens is 292 g/mol. The number of pyridine rings is 1. The molecule has 2 N–H and O–H groups in total. The molecule has 4 rings (SSSR count). The molecule has 2 bridgehead atoms. The third kappa shape index (κ3) is 2.40. The van der Waals surface area contributed by atoms with Gasteiger partial charge in [0.2, 0.25) is 5.91 Å². The normalized spacial score (nSPS) is 25.6. The van der Waals surface area contributed by atoms with Gasteiger partial charge in [0, 0.05) is 18.4 Å². The molecule has 2 aromatic rings. The van der Waals surface area contributed by atoms with Gasteiger partial charge in [0.25, 0.3) is 5.91 Å². The minimum absolute atomic E-state index is 0.0893. The van der Waals surface area contributed by atoms with Crippen LogP contribution < -0.4 is 5.32 Å². The van der Waals surface area contributed by atoms with Gasteiger partial charge in [0.1, 0.15) is 11.7 Å². The Morgan fingerprint density at radius 2 is 2.17 bits per heavy atom. The van der Waals surface area contributed by atoms with E-state index < -0.39 is 6.04 Å². The Kier molecular flexibility index (Phi) is 3.37. The monoisotopic (exact) mass is 310 g/mol. The first-order valence-corrected chi connectivity index (χ1v) is 7.91. The number of H-pyrrole nitrogens is 1. The van der Waals surface area contributed by atoms with E-state index in [2.05, 4.69) is 15.3 Å². The highest BCUT2D eigenvalue weighted by Crippen LogP contribution is 2.43. The minimum Gasteiger partial charge on any atom is -0.357 e. The Balaban J connectivity index is 1.58. The summed E-state index contributed by atoms with van der Waals surface area (Å²) in [6.07, 6.45) is 7.90. The fourth-order valence-corrected chi connectivity index (χ4v) is 3.87. The van der Waals surface area contributed by atoms with Crippen LogP contribution in [-0.2, 0) is 4.79 Å². The molecule has 2 fully saturated rings. The average Bonchev–Trinajstić information content (AvgIpc) is 3.31. The van der Waals surface area contributed by atoms with Gasteiger partial charge in [0.15, 0.2) is 0 Å². The Morgan fingerprint density at radius 1 is 1.26 bits per heavy atom. The number of nitrogens with zero attached hydrogens (tertiary/aromatic N) is 2. The highest BCUT2D eigenvalue weighted by atomic mass is 16.2. The maximum Gasteiger partial charge on any atom is 0.271 e. The van der Waals surface area contributed by atoms with Gasteiger partial charge in [-0.1, -0.05) is 0 Å². The second-order valence-electron chi connectivity index (χ2n) is 6.20. The van der Waals surface area contributed by atoms with E-state index in [1.165, 1.54) is 0 Å². The van der Waals surface area contributed by atoms with Crippen LogP contribution in [0.1, 0.15) is 29.8 Å². The van der Waals surface area contributed by atoms with Crippen LogP contribution >= 0.6 is 0 Å². The van der Waals surface area contributed by atoms with Crippen LogP contribution in [0.4, 0.5) is 5.69 Å². The summed E-state index contributed by atoms with van der Waals surface area (Å²) in [6.45, 7) is 0. The average molecular weight is 310 g/mol. The third-order valence-electron chi connectivity index (χ3n) is 4.85. The second kappa shape index (κ2) is 5.53. The number of rotatable bonds is 3. The molecule has 2 aliphatic rings. The first-order valence-electron chi connectivity index (χ1n) is 7.91. The highest BCUT2D eigenvalue weighted by molar-refractivity contribution is 6.01. The molecule has 1 saturated carbocycles. The summed E-state index contributed by atoms with van der Waals surface area (Å²) in [4.78, 5) is 34.2. The lowest BCUT2D eigenvalue weighted by Crippen LogP contribution is -2.51. The highest BCUT2D eigenvalue weighted by Gasteiger charge is 2.51. The zero-order valence-corrected chi connectivity index (χ0v) is 12.6. The predicted molar refractivity (Wildman–Crippen MR) is 84.7 cm³/mol. The summed E-state index contributed by atoms with van der Waals surface area (Å²) in [6, 6.07) is 6.90. The van der Waals surface area contributed by atoms with Gasteiger partial charge in [0.05, 0.1) is 11.9 Å². The number of aromatic amines is 1. The summed E-state index contributed by atoms with van der Waals surface area (Å²) in [5.74, 6) is 0.0363. The van der Waals surface area contributed by atoms with Crippen molar-refractivity contribution in [2.45, 2.75) is 31.3 Å². The van der Waals surface area contributed by atoms with E-state index >= 15 is 0 Å². The fourth-order valence-electron chi connectivity index (χ4n) is 3.87. The number of nitrogens with one attached hydrogen (secondary N) is 2. The molecule has 3 heterocycles. The number of likely N-dealkylation sites (tertiary alicyclic amines) is 1. The number of aromatic nitrogens is 2. The van der Waals surface area contributed by atoms with Crippen molar-refractivity contribution in [2.75, 3.05) is 5.32 Å². The van der Waals surface area contributed by atoms with Crippen molar-refractivity contribution in [3.05, 3.63) is 48.5 Å². The lowest BCUT2D eigenvalue weighted by Gasteiger charge is -2.34. The lowest BCUT2D eigenvalue weighted by atomic mass is 9.97. The largest absolute Gasteiger partial charge is 0.357 e. The van der Waals surface area contributed by atoms with Gasteiger partial charge in [-0.05, 0) is 49.4 Å². The van der Waals surface area contributed by atoms with Crippen molar-refractivity contribution >= 4 is 17.5 Å². The molecular formula is C17H18N4O2. The minimum atomic E-state index is -0.398. The van der Waals surface area contributed by atoms with Crippen LogP contribution in [0.2, 0.25) is 0 Å². The smallest absolute Gasteiger partial charge is 0.271 e. The van der Waals surface area contributed by atoms with Crippen LogP contribution in [0.25, 0.3) is 0 Å². The van der Waals surface area contributed by atoms with Gasteiger partial charge in [-0.2, -0.15) is 0 Å². The number of piperidine rings is 1. The Morgan fingerprint density at radius 3 is 2.91 bits per heavy atom. The Bertz CT molecular complexity index is 713. The molecule has 23 heavy (non-hydrogen) atoms. The third-order valence-corrected chi connectivity index (χ3v) is 4.85. The van der Waals surface area contributed by atoms with E-state index in [1.54, 1.807) is 47.8 Å². The predicted octanol–water partition coefficient (Wildman–Crippen LogP) is 2.04. The molecule has 1 aliphatic heterocycles. The maximum atomic E-state index is 12.8. The molecule has 0 unspecified atom stereocenters. The molecule has 0 radical (unpaired) electrons. The number of fused-ring (bicyclic) bond motifs is 2. The van der Waals surface area contributed by atoms with Crippen molar-refractivity contribution in [2.24, 2.45) is 5.92 Å². The number of hydrogen-bond acceptors (Lipinski definition) is 3. The van der Waals surface area contributed by atoms with E-state index in [0.717, 1.165) is 19.3 Å². The molecule has 0 aromatic carbocycles. The van der Waals surface area contributed by atoms with Crippen molar-refractivity contribution in [1.82, 2.24) is 14.9 Å². The number of carbonyl (C=O) groups excluding carboxylic acids is 2. The zero-order chi connectivity index (χ0) is 15.8. The van der Waals surface area contributed by atoms with Crippen LogP contribution in [0, 0.1) is 5.92 Å². The maximum absolute atomic E-state index is 12.8. The number of carbonyl (C=O) groups is 2. The molecule has 1 aliphatic carbocycles. The van der Waals surface area contributed by atoms with Crippen molar-refractivity contribution in [3.8, 4) is 0 Å². The number of anilines is 1. The summed E-state index contributed by atoms with van der Waals surface area (Å²) < 4.78 is 0. The number of hydrogen-bond donors (Lipinski definition) is 2. The van der Waals surface area contributed by atoms with Crippen molar-refractivity contribution in [3.63, 3.8) is 0 Å². The molecule has 1 saturated heterocycles. The van der Waals surface area contributed by atoms with Crippen LogP contribution in [0.5, 0.6) is 0 Å². The summed E-state index contributed by atoms with van der Waals surface area (Å²) in [7, 11) is 0. The Labute approximate surface area is 133 Å². The SMILES string of the molecule is O=C(Nc1cccnc1)[C@@H]1[C@H]2CC[C@@H](C2)N1C(=O)c1ccc[nH]1. The summed E-state index contributed by atoms with van der Waals surface area (Å²) in [5.41, 5.74) is 1.20. The van der Waals surface area contributed by atoms with E-state index in [-0.39, 0.29) is 23.8 Å². The van der Waals surface area contributed by atoms with E-state index in [0.29, 0.717) is 11.4 Å². The number of amides is 2. The molecule has 118 valence electrons. The van der Waals surface area contributed by atoms with Gasteiger partial charge < -0.3 is 15.2 Å². The quantitative estimate of drug-likeness (QED) is 0.910. The van der Waals surface area contributed by atoms with Crippen molar-refractivity contribution < 1.29 is 9.59 Å². The van der Waals surface area contributed by atoms with E-state index in [4.69, 9.17) is 0 Å². The Hall–Kier alpha value is -2.63. The summed E-state index contributed by atoms with van der Waals surface area (Å²) in [5, 5.41) is 2.89. The first kappa shape index (κ1) is 14.0. The molecule has 2 amide bonds. The van der Waals surface area contributed by atoms with Crippen LogP contribution in [-0.4, -0.2) is 38.8 Å². The van der Waals surface area contributed by atoms with Gasteiger partial charge in [-0.3, -0.25) is 14.6 Å². The molecule has 6 heteroatoms. The standard InChI is InChI=1S/C17H18N4O2/c22-16(20-12-3-1-7-18-10-12)15-11-5-6-13(9-11)21(15)17(23)14-4-2-8-19-14/h1-4,7-8,10-11,13,15,19H,5-6,9H2,(H,20,22)/t11-,13-,15-/m0/s1. The van der Waals surface area contributed by atoms with Crippen LogP contribution in [0.3, 0.4) is 0 Å². The molecule has 6 nitrogen and oxygen atoms in total. The van der Waals surface area contributed by atoms with Gasteiger partial charge >= 0.3 is 0 Å². The van der Waals surface area contributed by atoms with Gasteiger partial charge in [-0.25, -0.2) is 0 Å². The van der Waals surface area contributed by atoms with Crippen molar-refractivity contribution in [1.29, 1.82) is 0 Å². The second-order valence-corrected chi connectivity index (χ2v) is 6.20. The zero-order valence-electron chi connectivity index (χ0n) is 12.6. The molecule has 3 atom stereocenters. The van der Waals surface area contributed by atoms with E-state index in [1.807, 2.05) is 0 Å². The first-order chi connectivity index (χ1) is 11.2. The van der Waals surface area contributed by atoms with Gasteiger partial charge in [-0.15, -0.1) is 0 Å². The summed E-state index contributed by atoms with van der Waals surface area (Å²) >= 11 is 0. The molecule has 0 spiro atoms. The topological polar surface area (TPSA) is 78.1 Å². The fraction of sp³-hybridized carbons (Fsp3) is 0.353. The van der Waals surface area contributed by atoms with E-state index in [9.17, 15) is 9.59 Å². The molecule has 2 aromatic heterocycles. The lowest BCUT2D eigenvalue weighted by molar-refractivity contribution is -0.121. The van der Waals surface area contributed by atoms with Crippen LogP contribution in [0.15, 0.2) is 42.9 Å².